The lowest BCUT2D eigenvalue weighted by molar-refractivity contribution is -0.139. The van der Waals surface area contributed by atoms with Gasteiger partial charge in [0.1, 0.15) is 24.1 Å². The van der Waals surface area contributed by atoms with E-state index in [0.717, 1.165) is 46.7 Å². The summed E-state index contributed by atoms with van der Waals surface area (Å²) in [5.41, 5.74) is 2.93. The second kappa shape index (κ2) is 13.9. The van der Waals surface area contributed by atoms with Gasteiger partial charge in [0.25, 0.3) is 10.0 Å². The maximum absolute atomic E-state index is 14.2. The molecule has 1 aliphatic rings. The zero-order valence-electron chi connectivity index (χ0n) is 25.5. The van der Waals surface area contributed by atoms with Crippen molar-refractivity contribution in [2.45, 2.75) is 70.0 Å². The van der Waals surface area contributed by atoms with Gasteiger partial charge in [-0.1, -0.05) is 60.4 Å². The van der Waals surface area contributed by atoms with Gasteiger partial charge in [-0.15, -0.1) is 0 Å². The molecule has 0 unspecified atom stereocenters. The summed E-state index contributed by atoms with van der Waals surface area (Å²) in [6.45, 7) is 5.09. The highest BCUT2D eigenvalue weighted by Gasteiger charge is 2.34. The molecule has 0 saturated heterocycles. The molecule has 0 aliphatic heterocycles. The van der Waals surface area contributed by atoms with E-state index in [4.69, 9.17) is 9.47 Å². The summed E-state index contributed by atoms with van der Waals surface area (Å²) < 4.78 is 40.3. The maximum Gasteiger partial charge on any atom is 0.264 e. The Morgan fingerprint density at radius 1 is 0.907 bits per heavy atom. The molecule has 4 rings (SSSR count). The van der Waals surface area contributed by atoms with Crippen molar-refractivity contribution >= 4 is 27.5 Å². The van der Waals surface area contributed by atoms with Gasteiger partial charge < -0.3 is 19.7 Å². The molecule has 0 spiro atoms. The Morgan fingerprint density at radius 2 is 1.51 bits per heavy atom. The molecule has 1 atom stereocenters. The number of anilines is 1. The van der Waals surface area contributed by atoms with Crippen LogP contribution in [0.2, 0.25) is 0 Å². The summed E-state index contributed by atoms with van der Waals surface area (Å²) in [4.78, 5) is 29.1. The molecule has 9 nitrogen and oxygen atoms in total. The molecule has 0 radical (unpaired) electrons. The third-order valence-electron chi connectivity index (χ3n) is 7.88. The Bertz CT molecular complexity index is 1520. The number of nitrogens with zero attached hydrogens (tertiary/aromatic N) is 2. The van der Waals surface area contributed by atoms with E-state index in [1.54, 1.807) is 31.2 Å². The average Bonchev–Trinajstić information content (AvgIpc) is 3.52. The molecule has 10 heteroatoms. The van der Waals surface area contributed by atoms with Crippen molar-refractivity contribution in [2.75, 3.05) is 25.1 Å². The molecule has 1 fully saturated rings. The van der Waals surface area contributed by atoms with E-state index >= 15 is 0 Å². The largest absolute Gasteiger partial charge is 0.497 e. The highest BCUT2D eigenvalue weighted by molar-refractivity contribution is 7.92. The first-order chi connectivity index (χ1) is 20.5. The molecular formula is C33H41N3O6S. The molecule has 1 N–H and O–H groups in total. The van der Waals surface area contributed by atoms with Gasteiger partial charge >= 0.3 is 0 Å². The Hall–Kier alpha value is -4.05. The van der Waals surface area contributed by atoms with E-state index in [9.17, 15) is 18.0 Å². The highest BCUT2D eigenvalue weighted by atomic mass is 32.2. The zero-order chi connectivity index (χ0) is 31.1. The van der Waals surface area contributed by atoms with E-state index in [0.29, 0.717) is 5.75 Å². The summed E-state index contributed by atoms with van der Waals surface area (Å²) in [6.07, 6.45) is 3.92. The van der Waals surface area contributed by atoms with Crippen LogP contribution in [0, 0.1) is 13.8 Å². The van der Waals surface area contributed by atoms with E-state index in [1.807, 2.05) is 38.1 Å². The number of hydrogen-bond donors (Lipinski definition) is 1. The lowest BCUT2D eigenvalue weighted by atomic mass is 10.1. The van der Waals surface area contributed by atoms with Crippen LogP contribution in [-0.4, -0.2) is 58.0 Å². The Balaban J connectivity index is 1.75. The molecule has 2 amide bonds. The van der Waals surface area contributed by atoms with Gasteiger partial charge in [0.05, 0.1) is 24.8 Å². The minimum atomic E-state index is -4.25. The number of rotatable bonds is 12. The first-order valence-electron chi connectivity index (χ1n) is 14.5. The van der Waals surface area contributed by atoms with Crippen LogP contribution in [-0.2, 0) is 26.2 Å². The van der Waals surface area contributed by atoms with Gasteiger partial charge in [-0.05, 0) is 63.4 Å². The van der Waals surface area contributed by atoms with Crippen molar-refractivity contribution in [2.24, 2.45) is 0 Å². The minimum Gasteiger partial charge on any atom is -0.497 e. The molecule has 0 bridgehead atoms. The SMILES string of the molecule is COc1ccc(OC)c(N(CC(=O)N(Cc2ccc(C)cc2)[C@@H](C)C(=O)NC2CCCC2)S(=O)(=O)c2ccc(C)cc2)c1. The number of hydrogen-bond acceptors (Lipinski definition) is 6. The lowest BCUT2D eigenvalue weighted by Gasteiger charge is -2.33. The fraction of sp³-hybridized carbons (Fsp3) is 0.394. The summed E-state index contributed by atoms with van der Waals surface area (Å²) in [5, 5.41) is 3.09. The number of benzene rings is 3. The van der Waals surface area contributed by atoms with Crippen LogP contribution in [0.4, 0.5) is 5.69 Å². The number of carbonyl (C=O) groups excluding carboxylic acids is 2. The Kier molecular flexibility index (Phi) is 10.3. The molecule has 0 heterocycles. The number of nitrogens with one attached hydrogen (secondary N) is 1. The predicted octanol–water partition coefficient (Wildman–Crippen LogP) is 4.99. The van der Waals surface area contributed by atoms with Crippen LogP contribution in [0.5, 0.6) is 11.5 Å². The van der Waals surface area contributed by atoms with Crippen molar-refractivity contribution in [1.82, 2.24) is 10.2 Å². The van der Waals surface area contributed by atoms with Crippen molar-refractivity contribution in [3.63, 3.8) is 0 Å². The molecule has 1 aliphatic carbocycles. The summed E-state index contributed by atoms with van der Waals surface area (Å²) in [7, 11) is -1.34. The first kappa shape index (κ1) is 31.9. The monoisotopic (exact) mass is 607 g/mol. The van der Waals surface area contributed by atoms with E-state index in [2.05, 4.69) is 5.32 Å². The normalized spacial score (nSPS) is 14.2. The average molecular weight is 608 g/mol. The minimum absolute atomic E-state index is 0.0212. The van der Waals surface area contributed by atoms with Crippen LogP contribution >= 0.6 is 0 Å². The topological polar surface area (TPSA) is 105 Å². The van der Waals surface area contributed by atoms with Crippen LogP contribution < -0.4 is 19.1 Å². The molecule has 0 aromatic heterocycles. The molecular weight excluding hydrogens is 566 g/mol. The summed E-state index contributed by atoms with van der Waals surface area (Å²) >= 11 is 0. The fourth-order valence-electron chi connectivity index (χ4n) is 5.21. The third-order valence-corrected chi connectivity index (χ3v) is 9.66. The van der Waals surface area contributed by atoms with Crippen molar-refractivity contribution in [3.8, 4) is 11.5 Å². The van der Waals surface area contributed by atoms with Crippen molar-refractivity contribution in [1.29, 1.82) is 0 Å². The quantitative estimate of drug-likeness (QED) is 0.311. The number of ether oxygens (including phenoxy) is 2. The fourth-order valence-corrected chi connectivity index (χ4v) is 6.62. The smallest absolute Gasteiger partial charge is 0.264 e. The van der Waals surface area contributed by atoms with Crippen LogP contribution in [0.1, 0.15) is 49.3 Å². The molecule has 43 heavy (non-hydrogen) atoms. The summed E-state index contributed by atoms with van der Waals surface area (Å²) in [5.74, 6) is -0.149. The molecule has 1 saturated carbocycles. The number of methoxy groups -OCH3 is 2. The van der Waals surface area contributed by atoms with Crippen LogP contribution in [0.25, 0.3) is 0 Å². The Morgan fingerprint density at radius 3 is 2.09 bits per heavy atom. The van der Waals surface area contributed by atoms with Crippen molar-refractivity contribution < 1.29 is 27.5 Å². The molecule has 3 aromatic carbocycles. The number of aryl methyl sites for hydroxylation is 2. The maximum atomic E-state index is 14.2. The Labute approximate surface area is 254 Å². The van der Waals surface area contributed by atoms with Gasteiger partial charge in [-0.25, -0.2) is 8.42 Å². The van der Waals surface area contributed by atoms with Gasteiger partial charge in [-0.3, -0.25) is 13.9 Å². The van der Waals surface area contributed by atoms with Crippen LogP contribution in [0.3, 0.4) is 0 Å². The zero-order valence-corrected chi connectivity index (χ0v) is 26.3. The predicted molar refractivity (Wildman–Crippen MR) is 167 cm³/mol. The number of sulfonamides is 1. The van der Waals surface area contributed by atoms with Gasteiger partial charge in [0.15, 0.2) is 0 Å². The second-order valence-electron chi connectivity index (χ2n) is 11.0. The van der Waals surface area contributed by atoms with Gasteiger partial charge in [-0.2, -0.15) is 0 Å². The highest BCUT2D eigenvalue weighted by Crippen LogP contribution is 2.36. The molecule has 3 aromatic rings. The second-order valence-corrected chi connectivity index (χ2v) is 12.9. The number of carbonyl (C=O) groups is 2. The third kappa shape index (κ3) is 7.67. The first-order valence-corrected chi connectivity index (χ1v) is 15.9. The van der Waals surface area contributed by atoms with E-state index in [-0.39, 0.29) is 34.8 Å². The number of amides is 2. The van der Waals surface area contributed by atoms with E-state index in [1.165, 1.54) is 37.3 Å². The van der Waals surface area contributed by atoms with Gasteiger partial charge in [0.2, 0.25) is 11.8 Å². The lowest BCUT2D eigenvalue weighted by Crippen LogP contribution is -2.52. The van der Waals surface area contributed by atoms with Crippen molar-refractivity contribution in [3.05, 3.63) is 83.4 Å². The standard InChI is InChI=1S/C33H41N3O6S/c1-23-10-14-26(15-11-23)21-35(25(3)33(38)34-27-8-6-7-9-27)32(37)22-36(30-20-28(41-4)16-19-31(30)42-5)43(39,40)29-17-12-24(2)13-18-29/h10-20,25,27H,6-9,21-22H2,1-5H3,(H,34,38)/t25-/m0/s1. The van der Waals surface area contributed by atoms with Gasteiger partial charge in [0, 0.05) is 18.7 Å². The molecule has 230 valence electrons. The summed E-state index contributed by atoms with van der Waals surface area (Å²) in [6, 6.07) is 18.1. The van der Waals surface area contributed by atoms with Crippen LogP contribution in [0.15, 0.2) is 71.6 Å². The van der Waals surface area contributed by atoms with E-state index < -0.39 is 28.5 Å².